The maximum Gasteiger partial charge on any atom is 0.308 e. The highest BCUT2D eigenvalue weighted by Crippen LogP contribution is 2.22. The topological polar surface area (TPSA) is 75.4 Å². The summed E-state index contributed by atoms with van der Waals surface area (Å²) in [7, 11) is 0. The van der Waals surface area contributed by atoms with E-state index in [4.69, 9.17) is 0 Å². The third-order valence-electron chi connectivity index (χ3n) is 4.64. The number of hydrogen-bond donors (Lipinski definition) is 1. The van der Waals surface area contributed by atoms with Crippen LogP contribution in [-0.2, 0) is 4.79 Å². The quantitative estimate of drug-likeness (QED) is 0.939. The second kappa shape index (κ2) is 6.47. The number of carbonyl (C=O) groups is 2. The van der Waals surface area contributed by atoms with Crippen LogP contribution in [0.25, 0.3) is 5.69 Å². The molecule has 1 aliphatic rings. The molecule has 2 aromatic rings. The molecule has 2 heterocycles. The van der Waals surface area contributed by atoms with Crippen molar-refractivity contribution in [1.82, 2.24) is 14.7 Å². The van der Waals surface area contributed by atoms with E-state index in [0.717, 1.165) is 16.9 Å². The smallest absolute Gasteiger partial charge is 0.308 e. The Morgan fingerprint density at radius 2 is 2.00 bits per heavy atom. The van der Waals surface area contributed by atoms with Gasteiger partial charge < -0.3 is 10.0 Å². The van der Waals surface area contributed by atoms with Crippen molar-refractivity contribution >= 4 is 11.9 Å². The van der Waals surface area contributed by atoms with Gasteiger partial charge in [-0.1, -0.05) is 18.2 Å². The van der Waals surface area contributed by atoms with Crippen LogP contribution in [0.1, 0.15) is 34.5 Å². The van der Waals surface area contributed by atoms with Crippen molar-refractivity contribution in [3.8, 4) is 5.69 Å². The summed E-state index contributed by atoms with van der Waals surface area (Å²) in [6.45, 7) is 4.73. The maximum absolute atomic E-state index is 12.8. The van der Waals surface area contributed by atoms with Gasteiger partial charge in [0, 0.05) is 13.1 Å². The van der Waals surface area contributed by atoms with Gasteiger partial charge >= 0.3 is 5.97 Å². The molecule has 126 valence electrons. The van der Waals surface area contributed by atoms with Crippen molar-refractivity contribution in [3.63, 3.8) is 0 Å². The second-order valence-electron chi connectivity index (χ2n) is 6.27. The SMILES string of the molecule is Cc1ccccc1-n1ncc(C(=O)N2CCC[C@H](C(=O)O)C2)c1C. The van der Waals surface area contributed by atoms with Gasteiger partial charge in [0.25, 0.3) is 5.91 Å². The Hall–Kier alpha value is -2.63. The Balaban J connectivity index is 1.87. The highest BCUT2D eigenvalue weighted by molar-refractivity contribution is 5.95. The summed E-state index contributed by atoms with van der Waals surface area (Å²) in [6, 6.07) is 7.86. The first-order valence-electron chi connectivity index (χ1n) is 8.11. The average molecular weight is 327 g/mol. The summed E-state index contributed by atoms with van der Waals surface area (Å²) < 4.78 is 1.77. The largest absolute Gasteiger partial charge is 0.481 e. The lowest BCUT2D eigenvalue weighted by Gasteiger charge is -2.30. The zero-order chi connectivity index (χ0) is 17.3. The molecule has 3 rings (SSSR count). The number of hydrogen-bond acceptors (Lipinski definition) is 3. The Labute approximate surface area is 140 Å². The molecule has 1 aromatic carbocycles. The number of likely N-dealkylation sites (tertiary alicyclic amines) is 1. The van der Waals surface area contributed by atoms with Crippen LogP contribution >= 0.6 is 0 Å². The van der Waals surface area contributed by atoms with Gasteiger partial charge in [0.2, 0.25) is 0 Å². The predicted molar refractivity (Wildman–Crippen MR) is 89.3 cm³/mol. The normalized spacial score (nSPS) is 17.8. The molecule has 0 unspecified atom stereocenters. The molecule has 0 bridgehead atoms. The van der Waals surface area contributed by atoms with Gasteiger partial charge in [-0.2, -0.15) is 5.10 Å². The highest BCUT2D eigenvalue weighted by Gasteiger charge is 2.30. The number of carboxylic acids is 1. The average Bonchev–Trinajstić information content (AvgIpc) is 2.96. The first-order valence-corrected chi connectivity index (χ1v) is 8.11. The molecule has 1 N–H and O–H groups in total. The number of carboxylic acid groups (broad SMARTS) is 1. The zero-order valence-electron chi connectivity index (χ0n) is 13.9. The minimum Gasteiger partial charge on any atom is -0.481 e. The van der Waals surface area contributed by atoms with E-state index in [2.05, 4.69) is 5.10 Å². The Kier molecular flexibility index (Phi) is 4.38. The number of carbonyl (C=O) groups excluding carboxylic acids is 1. The van der Waals surface area contributed by atoms with E-state index >= 15 is 0 Å². The minimum atomic E-state index is -0.833. The molecule has 1 aliphatic heterocycles. The molecule has 1 atom stereocenters. The number of amides is 1. The highest BCUT2D eigenvalue weighted by atomic mass is 16.4. The zero-order valence-corrected chi connectivity index (χ0v) is 13.9. The fraction of sp³-hybridized carbons (Fsp3) is 0.389. The van der Waals surface area contributed by atoms with E-state index in [-0.39, 0.29) is 12.5 Å². The number of aliphatic carboxylic acids is 1. The molecule has 0 saturated carbocycles. The van der Waals surface area contributed by atoms with Crippen LogP contribution in [0.15, 0.2) is 30.5 Å². The molecular weight excluding hydrogens is 306 g/mol. The van der Waals surface area contributed by atoms with Crippen molar-refractivity contribution < 1.29 is 14.7 Å². The predicted octanol–water partition coefficient (Wildman–Crippen LogP) is 2.43. The summed E-state index contributed by atoms with van der Waals surface area (Å²) in [5.74, 6) is -1.45. The number of aryl methyl sites for hydroxylation is 1. The Morgan fingerprint density at radius 3 is 2.71 bits per heavy atom. The second-order valence-corrected chi connectivity index (χ2v) is 6.27. The third kappa shape index (κ3) is 2.91. The van der Waals surface area contributed by atoms with Gasteiger partial charge in [0.1, 0.15) is 0 Å². The molecule has 1 aromatic heterocycles. The molecule has 1 fully saturated rings. The van der Waals surface area contributed by atoms with E-state index in [1.165, 1.54) is 0 Å². The lowest BCUT2D eigenvalue weighted by molar-refractivity contribution is -0.143. The fourth-order valence-corrected chi connectivity index (χ4v) is 3.20. The number of piperidine rings is 1. The van der Waals surface area contributed by atoms with Gasteiger partial charge in [-0.3, -0.25) is 9.59 Å². The summed E-state index contributed by atoms with van der Waals surface area (Å²) in [4.78, 5) is 25.6. The van der Waals surface area contributed by atoms with Crippen LogP contribution in [0.4, 0.5) is 0 Å². The van der Waals surface area contributed by atoms with Crippen molar-refractivity contribution in [1.29, 1.82) is 0 Å². The van der Waals surface area contributed by atoms with Gasteiger partial charge in [0.15, 0.2) is 0 Å². The standard InChI is InChI=1S/C18H21N3O3/c1-12-6-3-4-8-16(12)21-13(2)15(10-19-21)17(22)20-9-5-7-14(11-20)18(23)24/h3-4,6,8,10,14H,5,7,9,11H2,1-2H3,(H,23,24)/t14-/m0/s1. The molecule has 0 spiro atoms. The lowest BCUT2D eigenvalue weighted by atomic mass is 9.97. The molecule has 1 saturated heterocycles. The number of para-hydroxylation sites is 1. The van der Waals surface area contributed by atoms with Crippen molar-refractivity contribution in [2.45, 2.75) is 26.7 Å². The van der Waals surface area contributed by atoms with E-state index in [0.29, 0.717) is 24.9 Å². The van der Waals surface area contributed by atoms with Crippen LogP contribution in [0.3, 0.4) is 0 Å². The number of benzene rings is 1. The van der Waals surface area contributed by atoms with Crippen LogP contribution in [-0.4, -0.2) is 44.8 Å². The van der Waals surface area contributed by atoms with Gasteiger partial charge in [0.05, 0.1) is 29.1 Å². The van der Waals surface area contributed by atoms with Crippen LogP contribution in [0, 0.1) is 19.8 Å². The summed E-state index contributed by atoms with van der Waals surface area (Å²) in [6.07, 6.45) is 2.92. The minimum absolute atomic E-state index is 0.140. The fourth-order valence-electron chi connectivity index (χ4n) is 3.20. The maximum atomic E-state index is 12.8. The molecule has 1 amide bonds. The molecule has 6 nitrogen and oxygen atoms in total. The lowest BCUT2D eigenvalue weighted by Crippen LogP contribution is -2.42. The molecule has 6 heteroatoms. The summed E-state index contributed by atoms with van der Waals surface area (Å²) in [5.41, 5.74) is 3.32. The Morgan fingerprint density at radius 1 is 1.25 bits per heavy atom. The Bertz CT molecular complexity index is 782. The van der Waals surface area contributed by atoms with Gasteiger partial charge in [-0.05, 0) is 38.3 Å². The van der Waals surface area contributed by atoms with E-state index in [9.17, 15) is 14.7 Å². The first-order chi connectivity index (χ1) is 11.5. The number of aromatic nitrogens is 2. The van der Waals surface area contributed by atoms with E-state index in [1.807, 2.05) is 38.1 Å². The number of rotatable bonds is 3. The van der Waals surface area contributed by atoms with Gasteiger partial charge in [-0.25, -0.2) is 4.68 Å². The van der Waals surface area contributed by atoms with Crippen LogP contribution in [0.2, 0.25) is 0 Å². The monoisotopic (exact) mass is 327 g/mol. The number of nitrogens with zero attached hydrogens (tertiary/aromatic N) is 3. The first kappa shape index (κ1) is 16.2. The van der Waals surface area contributed by atoms with Gasteiger partial charge in [-0.15, -0.1) is 0 Å². The molecule has 24 heavy (non-hydrogen) atoms. The van der Waals surface area contributed by atoms with Crippen molar-refractivity contribution in [2.75, 3.05) is 13.1 Å². The molecule has 0 radical (unpaired) electrons. The third-order valence-corrected chi connectivity index (χ3v) is 4.64. The van der Waals surface area contributed by atoms with Crippen molar-refractivity contribution in [3.05, 3.63) is 47.3 Å². The van der Waals surface area contributed by atoms with Crippen molar-refractivity contribution in [2.24, 2.45) is 5.92 Å². The molecular formula is C18H21N3O3. The van der Waals surface area contributed by atoms with E-state index < -0.39 is 11.9 Å². The summed E-state index contributed by atoms with van der Waals surface area (Å²) >= 11 is 0. The van der Waals surface area contributed by atoms with Crippen LogP contribution in [0.5, 0.6) is 0 Å². The van der Waals surface area contributed by atoms with E-state index in [1.54, 1.807) is 15.8 Å². The molecule has 0 aliphatic carbocycles. The van der Waals surface area contributed by atoms with Crippen LogP contribution < -0.4 is 0 Å². The summed E-state index contributed by atoms with van der Waals surface area (Å²) in [5, 5.41) is 13.6.